The number of urea groups is 1. The van der Waals surface area contributed by atoms with E-state index >= 15 is 0 Å². The molecule has 0 radical (unpaired) electrons. The Hall–Kier alpha value is -3.35. The molecule has 1 aromatic heterocycles. The van der Waals surface area contributed by atoms with Crippen molar-refractivity contribution in [2.75, 3.05) is 5.32 Å². The van der Waals surface area contributed by atoms with Gasteiger partial charge in [-0.25, -0.2) is 14.2 Å². The van der Waals surface area contributed by atoms with Crippen LogP contribution in [-0.4, -0.2) is 21.6 Å². The van der Waals surface area contributed by atoms with Crippen LogP contribution in [0.15, 0.2) is 67.3 Å². The second-order valence-electron chi connectivity index (χ2n) is 6.21. The lowest BCUT2D eigenvalue weighted by atomic mass is 10.2. The molecule has 2 amide bonds. The van der Waals surface area contributed by atoms with Crippen molar-refractivity contribution in [1.29, 1.82) is 0 Å². The van der Waals surface area contributed by atoms with E-state index < -0.39 is 0 Å². The summed E-state index contributed by atoms with van der Waals surface area (Å²) in [7, 11) is 0. The van der Waals surface area contributed by atoms with Crippen molar-refractivity contribution in [3.63, 3.8) is 0 Å². The molecule has 0 bridgehead atoms. The Labute approximate surface area is 157 Å². The summed E-state index contributed by atoms with van der Waals surface area (Å²) in [5.41, 5.74) is 1.35. The molecule has 0 saturated carbocycles. The number of amides is 2. The predicted octanol–water partition coefficient (Wildman–Crippen LogP) is 3.81. The molecule has 2 aromatic carbocycles. The Bertz CT molecular complexity index is 883. The number of anilines is 1. The Kier molecular flexibility index (Phi) is 6.04. The zero-order valence-electron chi connectivity index (χ0n) is 14.9. The van der Waals surface area contributed by atoms with Gasteiger partial charge in [-0.2, -0.15) is 0 Å². The van der Waals surface area contributed by atoms with Crippen LogP contribution >= 0.6 is 0 Å². The topological polar surface area (TPSA) is 68.2 Å². The summed E-state index contributed by atoms with van der Waals surface area (Å²) in [6.07, 6.45) is 5.24. The third-order valence-corrected chi connectivity index (χ3v) is 3.81. The van der Waals surface area contributed by atoms with Gasteiger partial charge in [-0.15, -0.1) is 0 Å². The Morgan fingerprint density at radius 1 is 1.26 bits per heavy atom. The third-order valence-electron chi connectivity index (χ3n) is 3.81. The molecule has 0 spiro atoms. The van der Waals surface area contributed by atoms with Crippen molar-refractivity contribution in [3.8, 4) is 5.75 Å². The summed E-state index contributed by atoms with van der Waals surface area (Å²) in [6.45, 7) is 2.79. The number of halogens is 1. The molecule has 3 aromatic rings. The van der Waals surface area contributed by atoms with E-state index in [1.807, 2.05) is 17.7 Å². The van der Waals surface area contributed by atoms with Crippen molar-refractivity contribution in [1.82, 2.24) is 14.9 Å². The van der Waals surface area contributed by atoms with Gasteiger partial charge in [0, 0.05) is 36.7 Å². The number of carbonyl (C=O) groups is 1. The number of aromatic nitrogens is 2. The Morgan fingerprint density at radius 3 is 2.89 bits per heavy atom. The number of ether oxygens (including phenoxy) is 1. The van der Waals surface area contributed by atoms with Crippen LogP contribution in [0.1, 0.15) is 12.5 Å². The minimum absolute atomic E-state index is 0.0633. The standard InChI is InChI=1S/C20H21FN4O2/c1-15(12-25-9-8-22-14-25)23-20(26)24-18-6-3-7-19(11-18)27-13-16-4-2-5-17(21)10-16/h2-11,14-15H,12-13H2,1H3,(H2,23,24,26)/t15-/m0/s1. The largest absolute Gasteiger partial charge is 0.489 e. The average molecular weight is 368 g/mol. The summed E-state index contributed by atoms with van der Waals surface area (Å²) < 4.78 is 20.8. The fourth-order valence-corrected chi connectivity index (χ4v) is 2.60. The first-order valence-corrected chi connectivity index (χ1v) is 8.59. The van der Waals surface area contributed by atoms with Crippen LogP contribution in [-0.2, 0) is 13.2 Å². The molecule has 140 valence electrons. The number of hydrogen-bond acceptors (Lipinski definition) is 3. The van der Waals surface area contributed by atoms with Gasteiger partial charge < -0.3 is 19.9 Å². The predicted molar refractivity (Wildman–Crippen MR) is 101 cm³/mol. The van der Waals surface area contributed by atoms with Gasteiger partial charge in [0.2, 0.25) is 0 Å². The van der Waals surface area contributed by atoms with Crippen LogP contribution in [0.4, 0.5) is 14.9 Å². The van der Waals surface area contributed by atoms with Gasteiger partial charge in [0.25, 0.3) is 0 Å². The van der Waals surface area contributed by atoms with E-state index in [0.29, 0.717) is 18.0 Å². The molecule has 0 saturated heterocycles. The van der Waals surface area contributed by atoms with E-state index in [9.17, 15) is 9.18 Å². The summed E-state index contributed by atoms with van der Waals surface area (Å²) in [4.78, 5) is 16.1. The molecule has 3 rings (SSSR count). The van der Waals surface area contributed by atoms with E-state index in [-0.39, 0.29) is 24.5 Å². The number of nitrogens with zero attached hydrogens (tertiary/aromatic N) is 2. The number of imidazole rings is 1. The number of rotatable bonds is 7. The highest BCUT2D eigenvalue weighted by Crippen LogP contribution is 2.19. The smallest absolute Gasteiger partial charge is 0.319 e. The van der Waals surface area contributed by atoms with E-state index in [2.05, 4.69) is 15.6 Å². The van der Waals surface area contributed by atoms with Crippen LogP contribution in [0.25, 0.3) is 0 Å². The SMILES string of the molecule is C[C@@H](Cn1ccnc1)NC(=O)Nc1cccc(OCc2cccc(F)c2)c1. The summed E-state index contributed by atoms with van der Waals surface area (Å²) in [5.74, 6) is 0.288. The number of hydrogen-bond donors (Lipinski definition) is 2. The maximum atomic E-state index is 13.2. The quantitative estimate of drug-likeness (QED) is 0.666. The van der Waals surface area contributed by atoms with E-state index in [1.54, 1.807) is 48.9 Å². The normalized spacial score (nSPS) is 11.6. The monoisotopic (exact) mass is 368 g/mol. The molecule has 7 heteroatoms. The van der Waals surface area contributed by atoms with Crippen molar-refractivity contribution >= 4 is 11.7 Å². The lowest BCUT2D eigenvalue weighted by Crippen LogP contribution is -2.38. The van der Waals surface area contributed by atoms with Crippen molar-refractivity contribution in [2.24, 2.45) is 0 Å². The second kappa shape index (κ2) is 8.84. The first kappa shape index (κ1) is 18.4. The maximum absolute atomic E-state index is 13.2. The van der Waals surface area contributed by atoms with E-state index in [4.69, 9.17) is 4.74 Å². The molecule has 2 N–H and O–H groups in total. The molecule has 6 nitrogen and oxygen atoms in total. The van der Waals surface area contributed by atoms with Crippen LogP contribution in [0.2, 0.25) is 0 Å². The Morgan fingerprint density at radius 2 is 2.11 bits per heavy atom. The van der Waals surface area contributed by atoms with Crippen LogP contribution < -0.4 is 15.4 Å². The molecule has 1 atom stereocenters. The van der Waals surface area contributed by atoms with Crippen LogP contribution in [0.3, 0.4) is 0 Å². The van der Waals surface area contributed by atoms with Crippen molar-refractivity contribution < 1.29 is 13.9 Å². The number of nitrogens with one attached hydrogen (secondary N) is 2. The Balaban J connectivity index is 1.51. The molecular weight excluding hydrogens is 347 g/mol. The first-order chi connectivity index (χ1) is 13.1. The maximum Gasteiger partial charge on any atom is 0.319 e. The first-order valence-electron chi connectivity index (χ1n) is 8.59. The number of carbonyl (C=O) groups excluding carboxylic acids is 1. The molecule has 0 unspecified atom stereocenters. The fraction of sp³-hybridized carbons (Fsp3) is 0.200. The minimum Gasteiger partial charge on any atom is -0.489 e. The summed E-state index contributed by atoms with van der Waals surface area (Å²) >= 11 is 0. The molecular formula is C20H21FN4O2. The van der Waals surface area contributed by atoms with Gasteiger partial charge in [-0.05, 0) is 36.8 Å². The molecule has 27 heavy (non-hydrogen) atoms. The second-order valence-corrected chi connectivity index (χ2v) is 6.21. The minimum atomic E-state index is -0.301. The van der Waals surface area contributed by atoms with Crippen molar-refractivity contribution in [3.05, 3.63) is 78.6 Å². The lowest BCUT2D eigenvalue weighted by Gasteiger charge is -2.15. The summed E-state index contributed by atoms with van der Waals surface area (Å²) in [5, 5.41) is 5.65. The van der Waals surface area contributed by atoms with Crippen molar-refractivity contribution in [2.45, 2.75) is 26.1 Å². The zero-order chi connectivity index (χ0) is 19.1. The van der Waals surface area contributed by atoms with Crippen LogP contribution in [0.5, 0.6) is 5.75 Å². The van der Waals surface area contributed by atoms with Gasteiger partial charge >= 0.3 is 6.03 Å². The zero-order valence-corrected chi connectivity index (χ0v) is 14.9. The highest BCUT2D eigenvalue weighted by molar-refractivity contribution is 5.89. The van der Waals surface area contributed by atoms with Gasteiger partial charge in [0.1, 0.15) is 18.2 Å². The lowest BCUT2D eigenvalue weighted by molar-refractivity contribution is 0.248. The highest BCUT2D eigenvalue weighted by atomic mass is 19.1. The molecule has 1 heterocycles. The molecule has 0 aliphatic heterocycles. The third kappa shape index (κ3) is 5.85. The molecule has 0 aliphatic rings. The highest BCUT2D eigenvalue weighted by Gasteiger charge is 2.08. The molecule has 0 fully saturated rings. The van der Waals surface area contributed by atoms with E-state index in [0.717, 1.165) is 5.56 Å². The van der Waals surface area contributed by atoms with Gasteiger partial charge in [0.15, 0.2) is 0 Å². The van der Waals surface area contributed by atoms with E-state index in [1.165, 1.54) is 12.1 Å². The van der Waals surface area contributed by atoms with Gasteiger partial charge in [-0.3, -0.25) is 0 Å². The number of benzene rings is 2. The average Bonchev–Trinajstić information content (AvgIpc) is 3.13. The summed E-state index contributed by atoms with van der Waals surface area (Å²) in [6, 6.07) is 12.9. The fourth-order valence-electron chi connectivity index (χ4n) is 2.60. The molecule has 0 aliphatic carbocycles. The van der Waals surface area contributed by atoms with Gasteiger partial charge in [-0.1, -0.05) is 18.2 Å². The van der Waals surface area contributed by atoms with Crippen LogP contribution in [0, 0.1) is 5.82 Å². The van der Waals surface area contributed by atoms with Gasteiger partial charge in [0.05, 0.1) is 6.33 Å².